The zero-order valence-corrected chi connectivity index (χ0v) is 22.8. The summed E-state index contributed by atoms with van der Waals surface area (Å²) in [7, 11) is 0. The number of nitrogens with one attached hydrogen (secondary N) is 4. The van der Waals surface area contributed by atoms with Crippen molar-refractivity contribution in [2.45, 2.75) is 77.5 Å². The minimum atomic E-state index is -1.28. The maximum absolute atomic E-state index is 13.4. The highest BCUT2D eigenvalue weighted by Gasteiger charge is 2.33. The highest BCUT2D eigenvalue weighted by atomic mass is 16.4. The van der Waals surface area contributed by atoms with Crippen molar-refractivity contribution < 1.29 is 29.4 Å². The van der Waals surface area contributed by atoms with Gasteiger partial charge in [0.05, 0.1) is 12.4 Å². The lowest BCUT2D eigenvalue weighted by atomic mass is 9.96. The Labute approximate surface area is 228 Å². The van der Waals surface area contributed by atoms with Crippen LogP contribution in [0.3, 0.4) is 0 Å². The average molecular weight is 545 g/mol. The van der Waals surface area contributed by atoms with Crippen LogP contribution in [0.2, 0.25) is 0 Å². The number of aromatic nitrogens is 2. The first-order valence-corrected chi connectivity index (χ1v) is 13.1. The number of hydrogen-bond acceptors (Lipinski definition) is 7. The Balaban J connectivity index is 2.26. The van der Waals surface area contributed by atoms with Crippen molar-refractivity contribution in [1.82, 2.24) is 25.9 Å². The molecular weight excluding hydrogens is 504 g/mol. The Hall–Kier alpha value is -3.93. The maximum Gasteiger partial charge on any atom is 0.326 e. The Morgan fingerprint density at radius 2 is 1.59 bits per heavy atom. The van der Waals surface area contributed by atoms with E-state index < -0.39 is 47.9 Å². The van der Waals surface area contributed by atoms with E-state index in [1.807, 2.05) is 20.8 Å². The van der Waals surface area contributed by atoms with E-state index in [-0.39, 0.29) is 30.4 Å². The molecule has 1 heterocycles. The van der Waals surface area contributed by atoms with Gasteiger partial charge < -0.3 is 36.9 Å². The molecular formula is C27H40N6O6. The molecule has 0 saturated carbocycles. The van der Waals surface area contributed by atoms with Gasteiger partial charge in [0.1, 0.15) is 23.9 Å². The molecule has 0 fully saturated rings. The third kappa shape index (κ3) is 10.0. The van der Waals surface area contributed by atoms with E-state index in [0.717, 1.165) is 0 Å². The topological polar surface area (TPSA) is 200 Å². The molecule has 3 amide bonds. The summed E-state index contributed by atoms with van der Waals surface area (Å²) >= 11 is 0. The molecule has 1 aromatic heterocycles. The van der Waals surface area contributed by atoms with Crippen molar-refractivity contribution in [3.8, 4) is 5.75 Å². The summed E-state index contributed by atoms with van der Waals surface area (Å²) in [4.78, 5) is 58.1. The predicted molar refractivity (Wildman–Crippen MR) is 144 cm³/mol. The minimum Gasteiger partial charge on any atom is -0.508 e. The van der Waals surface area contributed by atoms with E-state index in [2.05, 4.69) is 25.9 Å². The number of carbonyl (C=O) groups is 4. The standard InChI is InChI=1S/C27H40N6O6/c1-5-16(4)23(33-24(35)20(28)10-15(2)3)26(37)31-21(11-17-6-8-19(34)9-7-17)25(36)32-22(27(38)39)12-18-13-29-14-30-18/h6-9,13-16,20-23,34H,5,10-12,28H2,1-4H3,(H,29,30)(H,31,37)(H,32,36)(H,33,35)(H,38,39). The lowest BCUT2D eigenvalue weighted by Gasteiger charge is -2.28. The summed E-state index contributed by atoms with van der Waals surface area (Å²) in [6.07, 6.45) is 3.85. The molecule has 0 spiro atoms. The van der Waals surface area contributed by atoms with Crippen LogP contribution in [0.25, 0.3) is 0 Å². The lowest BCUT2D eigenvalue weighted by Crippen LogP contribution is -2.59. The van der Waals surface area contributed by atoms with Gasteiger partial charge in [-0.25, -0.2) is 9.78 Å². The molecule has 0 aliphatic rings. The highest BCUT2D eigenvalue weighted by molar-refractivity contribution is 5.94. The van der Waals surface area contributed by atoms with Crippen LogP contribution in [-0.2, 0) is 32.0 Å². The van der Waals surface area contributed by atoms with E-state index in [1.165, 1.54) is 24.7 Å². The van der Waals surface area contributed by atoms with Gasteiger partial charge in [-0.05, 0) is 36.0 Å². The number of imidazole rings is 1. The number of H-pyrrole nitrogens is 1. The molecule has 214 valence electrons. The van der Waals surface area contributed by atoms with Crippen LogP contribution in [0.1, 0.15) is 51.8 Å². The fourth-order valence-electron chi connectivity index (χ4n) is 4.00. The zero-order chi connectivity index (χ0) is 29.1. The number of aromatic hydroxyl groups is 1. The number of nitrogens with zero attached hydrogens (tertiary/aromatic N) is 1. The predicted octanol–water partition coefficient (Wildman–Crippen LogP) is 0.859. The van der Waals surface area contributed by atoms with Gasteiger partial charge in [0.15, 0.2) is 0 Å². The van der Waals surface area contributed by atoms with E-state index in [9.17, 15) is 29.4 Å². The smallest absolute Gasteiger partial charge is 0.326 e. The first-order valence-electron chi connectivity index (χ1n) is 13.1. The molecule has 0 radical (unpaired) electrons. The molecule has 8 N–H and O–H groups in total. The second kappa shape index (κ2) is 14.9. The summed E-state index contributed by atoms with van der Waals surface area (Å²) in [5, 5.41) is 27.2. The number of phenols is 1. The minimum absolute atomic E-state index is 0.0162. The van der Waals surface area contributed by atoms with Crippen molar-refractivity contribution in [2.75, 3.05) is 0 Å². The number of carboxylic acid groups (broad SMARTS) is 1. The van der Waals surface area contributed by atoms with Crippen LogP contribution in [0, 0.1) is 11.8 Å². The Bertz CT molecular complexity index is 1090. The fourth-order valence-corrected chi connectivity index (χ4v) is 4.00. The Morgan fingerprint density at radius 1 is 0.949 bits per heavy atom. The number of hydrogen-bond donors (Lipinski definition) is 7. The molecule has 2 rings (SSSR count). The first-order chi connectivity index (χ1) is 18.4. The number of benzene rings is 1. The largest absolute Gasteiger partial charge is 0.508 e. The number of nitrogens with two attached hydrogens (primary N) is 1. The van der Waals surface area contributed by atoms with Gasteiger partial charge in [-0.3, -0.25) is 14.4 Å². The van der Waals surface area contributed by atoms with Crippen LogP contribution in [-0.4, -0.2) is 68.0 Å². The van der Waals surface area contributed by atoms with Gasteiger partial charge in [0.2, 0.25) is 17.7 Å². The summed E-state index contributed by atoms with van der Waals surface area (Å²) in [6.45, 7) is 7.56. The molecule has 5 unspecified atom stereocenters. The zero-order valence-electron chi connectivity index (χ0n) is 22.8. The van der Waals surface area contributed by atoms with Crippen molar-refractivity contribution in [3.05, 3.63) is 48.0 Å². The molecule has 0 aliphatic carbocycles. The van der Waals surface area contributed by atoms with Crippen LogP contribution in [0.4, 0.5) is 0 Å². The van der Waals surface area contributed by atoms with Crippen molar-refractivity contribution in [2.24, 2.45) is 17.6 Å². The molecule has 5 atom stereocenters. The van der Waals surface area contributed by atoms with Gasteiger partial charge >= 0.3 is 5.97 Å². The van der Waals surface area contributed by atoms with Crippen LogP contribution < -0.4 is 21.7 Å². The third-order valence-electron chi connectivity index (χ3n) is 6.46. The summed E-state index contributed by atoms with van der Waals surface area (Å²) in [6, 6.07) is 1.88. The number of carboxylic acids is 1. The molecule has 0 bridgehead atoms. The van der Waals surface area contributed by atoms with Crippen molar-refractivity contribution >= 4 is 23.7 Å². The second-order valence-electron chi connectivity index (χ2n) is 10.2. The second-order valence-corrected chi connectivity index (χ2v) is 10.2. The van der Waals surface area contributed by atoms with Crippen LogP contribution >= 0.6 is 0 Å². The average Bonchev–Trinajstić information content (AvgIpc) is 3.39. The van der Waals surface area contributed by atoms with Gasteiger partial charge in [-0.2, -0.15) is 0 Å². The number of aromatic amines is 1. The summed E-state index contributed by atoms with van der Waals surface area (Å²) in [5.41, 5.74) is 7.15. The van der Waals surface area contributed by atoms with Gasteiger partial charge in [-0.1, -0.05) is 46.2 Å². The van der Waals surface area contributed by atoms with Crippen LogP contribution in [0.15, 0.2) is 36.8 Å². The van der Waals surface area contributed by atoms with Gasteiger partial charge in [0, 0.05) is 24.7 Å². The normalized spacial score (nSPS) is 15.0. The van der Waals surface area contributed by atoms with E-state index in [0.29, 0.717) is 24.1 Å². The summed E-state index contributed by atoms with van der Waals surface area (Å²) in [5.74, 6) is -3.08. The third-order valence-corrected chi connectivity index (χ3v) is 6.46. The monoisotopic (exact) mass is 544 g/mol. The van der Waals surface area contributed by atoms with E-state index in [4.69, 9.17) is 5.73 Å². The Kier molecular flexibility index (Phi) is 11.9. The van der Waals surface area contributed by atoms with Crippen molar-refractivity contribution in [1.29, 1.82) is 0 Å². The number of phenolic OH excluding ortho intramolecular Hbond substituents is 1. The molecule has 0 saturated heterocycles. The van der Waals surface area contributed by atoms with E-state index in [1.54, 1.807) is 19.1 Å². The molecule has 39 heavy (non-hydrogen) atoms. The van der Waals surface area contributed by atoms with Crippen molar-refractivity contribution in [3.63, 3.8) is 0 Å². The molecule has 1 aromatic carbocycles. The number of amides is 3. The quantitative estimate of drug-likeness (QED) is 0.171. The highest BCUT2D eigenvalue weighted by Crippen LogP contribution is 2.14. The molecule has 12 heteroatoms. The number of carbonyl (C=O) groups excluding carboxylic acids is 3. The van der Waals surface area contributed by atoms with Gasteiger partial charge in [0.25, 0.3) is 0 Å². The molecule has 2 aromatic rings. The SMILES string of the molecule is CCC(C)C(NC(=O)C(N)CC(C)C)C(=O)NC(Cc1ccc(O)cc1)C(=O)NC(Cc1cnc[nH]1)C(=O)O. The molecule has 0 aliphatic heterocycles. The fraction of sp³-hybridized carbons (Fsp3) is 0.519. The van der Waals surface area contributed by atoms with E-state index >= 15 is 0 Å². The molecule has 12 nitrogen and oxygen atoms in total. The summed E-state index contributed by atoms with van der Waals surface area (Å²) < 4.78 is 0. The number of aliphatic carboxylic acids is 1. The maximum atomic E-state index is 13.4. The Morgan fingerprint density at radius 3 is 2.13 bits per heavy atom. The number of rotatable bonds is 15. The first kappa shape index (κ1) is 31.3. The van der Waals surface area contributed by atoms with Gasteiger partial charge in [-0.15, -0.1) is 0 Å². The van der Waals surface area contributed by atoms with Crippen LogP contribution in [0.5, 0.6) is 5.75 Å². The lowest BCUT2D eigenvalue weighted by molar-refractivity contribution is -0.142.